The van der Waals surface area contributed by atoms with Gasteiger partial charge in [0, 0.05) is 12.1 Å². The molecule has 4 N–H and O–H groups in total. The lowest BCUT2D eigenvalue weighted by molar-refractivity contribution is -0.385. The molecular weight excluding hydrogens is 432 g/mol. The molecule has 11 heteroatoms. The van der Waals surface area contributed by atoms with Crippen LogP contribution >= 0.6 is 0 Å². The van der Waals surface area contributed by atoms with E-state index in [1.54, 1.807) is 35.2 Å². The highest BCUT2D eigenvalue weighted by Gasteiger charge is 2.43. The average molecular weight is 457 g/mol. The van der Waals surface area contributed by atoms with Gasteiger partial charge in [0.2, 0.25) is 11.9 Å². The summed E-state index contributed by atoms with van der Waals surface area (Å²) in [6.07, 6.45) is 4.01. The minimum Gasteiger partial charge on any atom is -0.369 e. The molecule has 0 aromatic heterocycles. The SMILES string of the molecule is NC1=NC2(CCCCC2)N(c2cc([N+](=O)[O-])cc(S(=O)(=O)Cc3ccccc3)c2)C(N)=N1. The molecule has 0 radical (unpaired) electrons. The van der Waals surface area contributed by atoms with E-state index in [4.69, 9.17) is 11.5 Å². The summed E-state index contributed by atoms with van der Waals surface area (Å²) in [5, 5.41) is 11.7. The van der Waals surface area contributed by atoms with E-state index in [1.165, 1.54) is 12.1 Å². The number of anilines is 1. The van der Waals surface area contributed by atoms with E-state index in [0.29, 0.717) is 18.4 Å². The summed E-state index contributed by atoms with van der Waals surface area (Å²) in [5.74, 6) is -0.205. The molecule has 0 bridgehead atoms. The van der Waals surface area contributed by atoms with Crippen LogP contribution in [0.1, 0.15) is 37.7 Å². The Balaban J connectivity index is 1.83. The molecule has 2 aliphatic rings. The molecule has 1 fully saturated rings. The van der Waals surface area contributed by atoms with Crippen LogP contribution in [0.5, 0.6) is 0 Å². The van der Waals surface area contributed by atoms with Crippen molar-refractivity contribution in [3.05, 3.63) is 64.2 Å². The van der Waals surface area contributed by atoms with Gasteiger partial charge in [-0.05, 0) is 37.3 Å². The fraction of sp³-hybridized carbons (Fsp3) is 0.333. The summed E-state index contributed by atoms with van der Waals surface area (Å²) in [5.41, 5.74) is 11.7. The lowest BCUT2D eigenvalue weighted by atomic mass is 9.87. The Hall–Kier alpha value is -3.47. The van der Waals surface area contributed by atoms with Crippen LogP contribution in [0.4, 0.5) is 11.4 Å². The maximum Gasteiger partial charge on any atom is 0.272 e. The molecule has 1 saturated carbocycles. The number of sulfone groups is 1. The van der Waals surface area contributed by atoms with E-state index in [-0.39, 0.29) is 33.9 Å². The van der Waals surface area contributed by atoms with Gasteiger partial charge < -0.3 is 11.5 Å². The summed E-state index contributed by atoms with van der Waals surface area (Å²) < 4.78 is 26.3. The van der Waals surface area contributed by atoms with E-state index < -0.39 is 20.4 Å². The first-order valence-corrected chi connectivity index (χ1v) is 11.9. The zero-order valence-electron chi connectivity index (χ0n) is 17.3. The smallest absolute Gasteiger partial charge is 0.272 e. The first-order valence-electron chi connectivity index (χ1n) is 10.3. The predicted octanol–water partition coefficient (Wildman–Crippen LogP) is 2.68. The van der Waals surface area contributed by atoms with Gasteiger partial charge in [0.1, 0.15) is 5.66 Å². The second-order valence-electron chi connectivity index (χ2n) is 8.01. The molecule has 2 aromatic rings. The second kappa shape index (κ2) is 8.23. The maximum atomic E-state index is 13.2. The molecule has 0 atom stereocenters. The summed E-state index contributed by atoms with van der Waals surface area (Å²) in [6.45, 7) is 0. The number of nitrogens with two attached hydrogens (primary N) is 2. The number of non-ortho nitro benzene ring substituents is 1. The van der Waals surface area contributed by atoms with Gasteiger partial charge in [-0.1, -0.05) is 36.8 Å². The lowest BCUT2D eigenvalue weighted by Gasteiger charge is -2.45. The van der Waals surface area contributed by atoms with Crippen LogP contribution in [0, 0.1) is 10.1 Å². The molecule has 4 rings (SSSR count). The molecule has 0 unspecified atom stereocenters. The first-order chi connectivity index (χ1) is 15.2. The molecule has 10 nitrogen and oxygen atoms in total. The van der Waals surface area contributed by atoms with Crippen molar-refractivity contribution in [3.8, 4) is 0 Å². The number of nitrogens with zero attached hydrogens (tertiary/aromatic N) is 4. The van der Waals surface area contributed by atoms with E-state index >= 15 is 0 Å². The highest BCUT2D eigenvalue weighted by Crippen LogP contribution is 2.41. The van der Waals surface area contributed by atoms with Gasteiger partial charge in [-0.15, -0.1) is 0 Å². The highest BCUT2D eigenvalue weighted by atomic mass is 32.2. The first kappa shape index (κ1) is 21.8. The summed E-state index contributed by atoms with van der Waals surface area (Å²) in [7, 11) is -3.87. The van der Waals surface area contributed by atoms with Gasteiger partial charge in [0.15, 0.2) is 9.84 Å². The van der Waals surface area contributed by atoms with Crippen LogP contribution in [-0.2, 0) is 15.6 Å². The average Bonchev–Trinajstić information content (AvgIpc) is 2.74. The topological polar surface area (TPSA) is 157 Å². The van der Waals surface area contributed by atoms with Crippen LogP contribution in [0.25, 0.3) is 0 Å². The molecule has 32 heavy (non-hydrogen) atoms. The van der Waals surface area contributed by atoms with E-state index in [9.17, 15) is 18.5 Å². The van der Waals surface area contributed by atoms with E-state index in [1.807, 2.05) is 0 Å². The minimum absolute atomic E-state index is 0.0336. The number of benzene rings is 2. The monoisotopic (exact) mass is 456 g/mol. The predicted molar refractivity (Wildman–Crippen MR) is 122 cm³/mol. The molecule has 1 aliphatic heterocycles. The second-order valence-corrected chi connectivity index (χ2v) is 10.00. The van der Waals surface area contributed by atoms with Crippen molar-refractivity contribution in [1.29, 1.82) is 0 Å². The van der Waals surface area contributed by atoms with Crippen molar-refractivity contribution in [3.63, 3.8) is 0 Å². The molecular formula is C21H24N6O4S. The molecule has 1 heterocycles. The normalized spacial score (nSPS) is 18.2. The van der Waals surface area contributed by atoms with Gasteiger partial charge in [-0.3, -0.25) is 15.0 Å². The quantitative estimate of drug-likeness (QED) is 0.517. The van der Waals surface area contributed by atoms with Crippen molar-refractivity contribution in [2.24, 2.45) is 21.5 Å². The lowest BCUT2D eigenvalue weighted by Crippen LogP contribution is -2.58. The molecule has 1 spiro atoms. The van der Waals surface area contributed by atoms with Gasteiger partial charge in [0.25, 0.3) is 5.69 Å². The highest BCUT2D eigenvalue weighted by molar-refractivity contribution is 7.90. The third-order valence-corrected chi connectivity index (χ3v) is 7.42. The number of nitro benzene ring substituents is 1. The van der Waals surface area contributed by atoms with Crippen molar-refractivity contribution >= 4 is 33.1 Å². The van der Waals surface area contributed by atoms with Gasteiger partial charge in [-0.2, -0.15) is 4.99 Å². The van der Waals surface area contributed by atoms with E-state index in [0.717, 1.165) is 25.3 Å². The summed E-state index contributed by atoms with van der Waals surface area (Å²) in [6, 6.07) is 12.4. The molecule has 2 aromatic carbocycles. The number of nitro groups is 1. The van der Waals surface area contributed by atoms with Crippen LogP contribution in [-0.4, -0.2) is 30.9 Å². The van der Waals surface area contributed by atoms with Gasteiger partial charge in [-0.25, -0.2) is 13.4 Å². The third-order valence-electron chi connectivity index (χ3n) is 5.76. The van der Waals surface area contributed by atoms with Crippen LogP contribution in [0.3, 0.4) is 0 Å². The third kappa shape index (κ3) is 4.15. The van der Waals surface area contributed by atoms with Crippen molar-refractivity contribution < 1.29 is 13.3 Å². The summed E-state index contributed by atoms with van der Waals surface area (Å²) in [4.78, 5) is 21.1. The maximum absolute atomic E-state index is 13.2. The number of aliphatic imine (C=N–C) groups is 2. The Kier molecular flexibility index (Phi) is 5.59. The molecule has 168 valence electrons. The van der Waals surface area contributed by atoms with Gasteiger partial charge in [0.05, 0.1) is 21.3 Å². The number of rotatable bonds is 5. The molecule has 0 saturated heterocycles. The number of guanidine groups is 2. The molecule has 0 amide bonds. The van der Waals surface area contributed by atoms with Crippen LogP contribution in [0.2, 0.25) is 0 Å². The summed E-state index contributed by atoms with van der Waals surface area (Å²) >= 11 is 0. The van der Waals surface area contributed by atoms with Crippen molar-refractivity contribution in [2.45, 2.75) is 48.4 Å². The zero-order valence-corrected chi connectivity index (χ0v) is 18.2. The Labute approximate surface area is 185 Å². The standard InChI is InChI=1S/C21H24N6O4S/c22-19-24-20(23)26(21(25-19)9-5-2-6-10-21)16-11-17(27(28)29)13-18(12-16)32(30,31)14-15-7-3-1-4-8-15/h1,3-4,7-8,11-13H,2,5-6,9-10,14H2,(H4,22,23,24,25). The van der Waals surface area contributed by atoms with Gasteiger partial charge >= 0.3 is 0 Å². The van der Waals surface area contributed by atoms with Crippen LogP contribution in [0.15, 0.2) is 63.4 Å². The Morgan fingerprint density at radius 1 is 1.06 bits per heavy atom. The Bertz CT molecular complexity index is 1200. The minimum atomic E-state index is -3.87. The van der Waals surface area contributed by atoms with Crippen molar-refractivity contribution in [1.82, 2.24) is 0 Å². The fourth-order valence-corrected chi connectivity index (χ4v) is 5.75. The van der Waals surface area contributed by atoms with E-state index in [2.05, 4.69) is 9.98 Å². The largest absolute Gasteiger partial charge is 0.369 e. The number of hydrogen-bond acceptors (Lipinski definition) is 9. The molecule has 1 aliphatic carbocycles. The number of hydrogen-bond donors (Lipinski definition) is 2. The fourth-order valence-electron chi connectivity index (χ4n) is 4.35. The Morgan fingerprint density at radius 2 is 1.75 bits per heavy atom. The Morgan fingerprint density at radius 3 is 2.41 bits per heavy atom. The van der Waals surface area contributed by atoms with Crippen LogP contribution < -0.4 is 16.4 Å². The zero-order chi connectivity index (χ0) is 22.9. The van der Waals surface area contributed by atoms with Crippen molar-refractivity contribution in [2.75, 3.05) is 4.90 Å².